The molecule has 0 amide bonds. The lowest BCUT2D eigenvalue weighted by molar-refractivity contribution is 0.0673. The van der Waals surface area contributed by atoms with E-state index in [0.29, 0.717) is 11.6 Å². The van der Waals surface area contributed by atoms with Crippen molar-refractivity contribution in [3.8, 4) is 11.4 Å². The van der Waals surface area contributed by atoms with Crippen molar-refractivity contribution >= 4 is 16.7 Å². The fourth-order valence-corrected chi connectivity index (χ4v) is 2.75. The SMILES string of the molecule is FC(F)n1ccnc1CNc1nc(-c2ccccc2)nc2ccccc12. The van der Waals surface area contributed by atoms with Gasteiger partial charge in [0.1, 0.15) is 11.6 Å². The van der Waals surface area contributed by atoms with Crippen molar-refractivity contribution in [2.24, 2.45) is 0 Å². The number of halogens is 2. The normalized spacial score (nSPS) is 11.2. The molecule has 0 atom stereocenters. The van der Waals surface area contributed by atoms with Gasteiger partial charge in [-0.1, -0.05) is 42.5 Å². The molecule has 0 bridgehead atoms. The third-order valence-corrected chi connectivity index (χ3v) is 4.01. The van der Waals surface area contributed by atoms with E-state index in [-0.39, 0.29) is 12.4 Å². The molecule has 4 aromatic rings. The first-order chi connectivity index (χ1) is 12.7. The monoisotopic (exact) mass is 351 g/mol. The summed E-state index contributed by atoms with van der Waals surface area (Å²) in [5, 5.41) is 3.95. The van der Waals surface area contributed by atoms with Gasteiger partial charge in [-0.25, -0.2) is 15.0 Å². The van der Waals surface area contributed by atoms with E-state index in [1.165, 1.54) is 12.4 Å². The number of fused-ring (bicyclic) bond motifs is 1. The highest BCUT2D eigenvalue weighted by Gasteiger charge is 2.13. The summed E-state index contributed by atoms with van der Waals surface area (Å²) < 4.78 is 26.8. The minimum absolute atomic E-state index is 0.132. The molecule has 2 aromatic heterocycles. The van der Waals surface area contributed by atoms with Gasteiger partial charge in [0.15, 0.2) is 5.82 Å². The molecule has 5 nitrogen and oxygen atoms in total. The van der Waals surface area contributed by atoms with Crippen LogP contribution in [-0.2, 0) is 6.54 Å². The quantitative estimate of drug-likeness (QED) is 0.575. The number of imidazole rings is 1. The maximum atomic E-state index is 13.0. The van der Waals surface area contributed by atoms with Gasteiger partial charge in [-0.2, -0.15) is 8.78 Å². The highest BCUT2D eigenvalue weighted by atomic mass is 19.3. The Morgan fingerprint density at radius 2 is 1.73 bits per heavy atom. The zero-order valence-electron chi connectivity index (χ0n) is 13.7. The highest BCUT2D eigenvalue weighted by molar-refractivity contribution is 5.90. The van der Waals surface area contributed by atoms with Crippen molar-refractivity contribution in [3.05, 3.63) is 72.8 Å². The summed E-state index contributed by atoms with van der Waals surface area (Å²) in [7, 11) is 0. The number of nitrogens with one attached hydrogen (secondary N) is 1. The molecule has 0 radical (unpaired) electrons. The molecule has 4 rings (SSSR count). The van der Waals surface area contributed by atoms with Crippen molar-refractivity contribution in [1.82, 2.24) is 19.5 Å². The summed E-state index contributed by atoms with van der Waals surface area (Å²) in [6.45, 7) is -2.50. The Morgan fingerprint density at radius 3 is 2.54 bits per heavy atom. The van der Waals surface area contributed by atoms with Crippen LogP contribution in [0.15, 0.2) is 67.0 Å². The van der Waals surface area contributed by atoms with Crippen molar-refractivity contribution in [3.63, 3.8) is 0 Å². The number of rotatable bonds is 5. The number of hydrogen-bond acceptors (Lipinski definition) is 4. The zero-order valence-corrected chi connectivity index (χ0v) is 13.7. The van der Waals surface area contributed by atoms with Crippen molar-refractivity contribution in [2.75, 3.05) is 5.32 Å². The lowest BCUT2D eigenvalue weighted by atomic mass is 10.2. The molecule has 0 aliphatic rings. The van der Waals surface area contributed by atoms with Crippen LogP contribution in [0.2, 0.25) is 0 Å². The molecule has 130 valence electrons. The van der Waals surface area contributed by atoms with Gasteiger partial charge in [0.05, 0.1) is 12.1 Å². The summed E-state index contributed by atoms with van der Waals surface area (Å²) >= 11 is 0. The van der Waals surface area contributed by atoms with Gasteiger partial charge in [0.2, 0.25) is 0 Å². The Labute approximate surface area is 148 Å². The van der Waals surface area contributed by atoms with Gasteiger partial charge in [-0.15, -0.1) is 0 Å². The summed E-state index contributed by atoms with van der Waals surface area (Å²) in [5.41, 5.74) is 1.66. The lowest BCUT2D eigenvalue weighted by Gasteiger charge is -2.12. The number of hydrogen-bond donors (Lipinski definition) is 1. The molecule has 0 spiro atoms. The summed E-state index contributed by atoms with van der Waals surface area (Å²) in [6.07, 6.45) is 2.62. The minimum atomic E-state index is -2.63. The molecule has 2 heterocycles. The molecule has 0 aliphatic carbocycles. The standard InChI is InChI=1S/C19H15F2N5/c20-19(21)26-11-10-22-16(26)12-23-18-14-8-4-5-9-15(14)24-17(25-18)13-6-2-1-3-7-13/h1-11,19H,12H2,(H,23,24,25). The Hall–Kier alpha value is -3.35. The second kappa shape index (κ2) is 6.87. The van der Waals surface area contributed by atoms with E-state index in [2.05, 4.69) is 20.3 Å². The van der Waals surface area contributed by atoms with Crippen LogP contribution in [0.5, 0.6) is 0 Å². The molecule has 0 unspecified atom stereocenters. The number of alkyl halides is 2. The Morgan fingerprint density at radius 1 is 0.962 bits per heavy atom. The molecule has 1 N–H and O–H groups in total. The van der Waals surface area contributed by atoms with Gasteiger partial charge >= 0.3 is 6.55 Å². The van der Waals surface area contributed by atoms with Gasteiger partial charge in [-0.3, -0.25) is 4.57 Å². The van der Waals surface area contributed by atoms with Crippen LogP contribution in [0.3, 0.4) is 0 Å². The molecular formula is C19H15F2N5. The smallest absolute Gasteiger partial charge is 0.319 e. The average Bonchev–Trinajstić information content (AvgIpc) is 3.15. The van der Waals surface area contributed by atoms with E-state index >= 15 is 0 Å². The van der Waals surface area contributed by atoms with Crippen LogP contribution in [0, 0.1) is 0 Å². The lowest BCUT2D eigenvalue weighted by Crippen LogP contribution is -2.10. The molecule has 0 saturated carbocycles. The van der Waals surface area contributed by atoms with Gasteiger partial charge in [-0.05, 0) is 12.1 Å². The molecule has 0 saturated heterocycles. The summed E-state index contributed by atoms with van der Waals surface area (Å²) in [5.74, 6) is 1.39. The first kappa shape index (κ1) is 16.1. The van der Waals surface area contributed by atoms with Crippen molar-refractivity contribution < 1.29 is 8.78 Å². The van der Waals surface area contributed by atoms with Crippen LogP contribution < -0.4 is 5.32 Å². The van der Waals surface area contributed by atoms with Gasteiger partial charge in [0, 0.05) is 23.3 Å². The Kier molecular flexibility index (Phi) is 4.27. The average molecular weight is 351 g/mol. The first-order valence-electron chi connectivity index (χ1n) is 8.08. The third kappa shape index (κ3) is 3.11. The largest absolute Gasteiger partial charge is 0.362 e. The third-order valence-electron chi connectivity index (χ3n) is 4.01. The van der Waals surface area contributed by atoms with Crippen molar-refractivity contribution in [1.29, 1.82) is 0 Å². The van der Waals surface area contributed by atoms with Gasteiger partial charge < -0.3 is 5.32 Å². The van der Waals surface area contributed by atoms with Gasteiger partial charge in [0.25, 0.3) is 0 Å². The molecule has 26 heavy (non-hydrogen) atoms. The Balaban J connectivity index is 1.72. The summed E-state index contributed by atoms with van der Waals surface area (Å²) in [6, 6.07) is 17.2. The van der Waals surface area contributed by atoms with Crippen LogP contribution in [0.4, 0.5) is 14.6 Å². The Bertz CT molecular complexity index is 1030. The topological polar surface area (TPSA) is 55.6 Å². The predicted molar refractivity (Wildman–Crippen MR) is 95.8 cm³/mol. The molecular weight excluding hydrogens is 336 g/mol. The van der Waals surface area contributed by atoms with E-state index in [1.807, 2.05) is 54.6 Å². The summed E-state index contributed by atoms with van der Waals surface area (Å²) in [4.78, 5) is 13.2. The fourth-order valence-electron chi connectivity index (χ4n) is 2.75. The van der Waals surface area contributed by atoms with Crippen LogP contribution >= 0.6 is 0 Å². The number of benzene rings is 2. The molecule has 0 fully saturated rings. The van der Waals surface area contributed by atoms with E-state index < -0.39 is 6.55 Å². The molecule has 2 aromatic carbocycles. The second-order valence-electron chi connectivity index (χ2n) is 5.66. The predicted octanol–water partition coefficient (Wildman–Crippen LogP) is 4.50. The van der Waals surface area contributed by atoms with Crippen LogP contribution in [0.25, 0.3) is 22.3 Å². The van der Waals surface area contributed by atoms with E-state index in [9.17, 15) is 8.78 Å². The van der Waals surface area contributed by atoms with E-state index in [4.69, 9.17) is 0 Å². The number of anilines is 1. The maximum Gasteiger partial charge on any atom is 0.319 e. The molecule has 7 heteroatoms. The zero-order chi connectivity index (χ0) is 17.9. The first-order valence-corrected chi connectivity index (χ1v) is 8.08. The number of para-hydroxylation sites is 1. The second-order valence-corrected chi connectivity index (χ2v) is 5.66. The van der Waals surface area contributed by atoms with Crippen LogP contribution in [0.1, 0.15) is 12.4 Å². The fraction of sp³-hybridized carbons (Fsp3) is 0.105. The molecule has 0 aliphatic heterocycles. The minimum Gasteiger partial charge on any atom is -0.362 e. The number of aromatic nitrogens is 4. The highest BCUT2D eigenvalue weighted by Crippen LogP contribution is 2.25. The van der Waals surface area contributed by atoms with Crippen LogP contribution in [-0.4, -0.2) is 19.5 Å². The van der Waals surface area contributed by atoms with E-state index in [0.717, 1.165) is 21.0 Å². The van der Waals surface area contributed by atoms with Crippen molar-refractivity contribution in [2.45, 2.75) is 13.1 Å². The number of nitrogens with zero attached hydrogens (tertiary/aromatic N) is 4. The maximum absolute atomic E-state index is 13.0. The van der Waals surface area contributed by atoms with E-state index in [1.54, 1.807) is 0 Å².